The molecule has 3 aromatic rings. The zero-order valence-electron chi connectivity index (χ0n) is 15.6. The number of phenols is 1. The summed E-state index contributed by atoms with van der Waals surface area (Å²) in [5.41, 5.74) is 4.07. The molecule has 0 aromatic heterocycles. The molecule has 1 amide bonds. The fourth-order valence-corrected chi connectivity index (χ4v) is 3.88. The largest absolute Gasteiger partial charge is 0.508 e. The third-order valence-electron chi connectivity index (χ3n) is 4.96. The molecule has 0 fully saturated rings. The number of benzodiazepines with no additional fused rings is 1. The lowest BCUT2D eigenvalue weighted by Gasteiger charge is -2.20. The lowest BCUT2D eigenvalue weighted by atomic mass is 10.00. The van der Waals surface area contributed by atoms with E-state index in [0.717, 1.165) is 26.9 Å². The average Bonchev–Trinajstić information content (AvgIpc) is 2.81. The maximum atomic E-state index is 13.2. The molecule has 29 heavy (non-hydrogen) atoms. The van der Waals surface area contributed by atoms with Gasteiger partial charge in [-0.2, -0.15) is 0 Å². The number of fused-ring (bicyclic) bond motifs is 1. The molecule has 0 saturated carbocycles. The molecule has 4 rings (SSSR count). The third kappa shape index (κ3) is 4.07. The van der Waals surface area contributed by atoms with Gasteiger partial charge in [0, 0.05) is 34.1 Å². The molecule has 1 atom stereocenters. The fraction of sp³-hybridized carbons (Fsp3) is 0.130. The third-order valence-corrected chi connectivity index (χ3v) is 5.72. The van der Waals surface area contributed by atoms with E-state index in [4.69, 9.17) is 16.6 Å². The maximum absolute atomic E-state index is 13.2. The van der Waals surface area contributed by atoms with Gasteiger partial charge in [-0.3, -0.25) is 9.79 Å². The Hall–Kier alpha value is -2.63. The molecule has 4 nitrogen and oxygen atoms in total. The van der Waals surface area contributed by atoms with Crippen molar-refractivity contribution in [3.8, 4) is 5.75 Å². The molecule has 3 aromatic carbocycles. The first-order valence-electron chi connectivity index (χ1n) is 9.11. The quantitative estimate of drug-likeness (QED) is 0.571. The van der Waals surface area contributed by atoms with Crippen molar-refractivity contribution in [1.82, 2.24) is 0 Å². The summed E-state index contributed by atoms with van der Waals surface area (Å²) in [4.78, 5) is 19.8. The van der Waals surface area contributed by atoms with Crippen molar-refractivity contribution in [1.29, 1.82) is 0 Å². The standard InChI is InChI=1S/C23H18BrClN2O2/c1-27-21-11-8-17(25)13-19(21)22(15-4-9-18(28)10-5-15)26-20(23(27)29)12-14-2-6-16(24)7-3-14/h2-11,13,20,28H,12H2,1H3. The van der Waals surface area contributed by atoms with Gasteiger partial charge in [-0.05, 0) is 60.2 Å². The molecule has 0 bridgehead atoms. The predicted octanol–water partition coefficient (Wildman–Crippen LogP) is 5.23. The summed E-state index contributed by atoms with van der Waals surface area (Å²) in [6, 6.07) is 19.6. The van der Waals surface area contributed by atoms with E-state index in [1.54, 1.807) is 42.3 Å². The van der Waals surface area contributed by atoms with E-state index in [2.05, 4.69) is 15.9 Å². The molecule has 0 radical (unpaired) electrons. The summed E-state index contributed by atoms with van der Waals surface area (Å²) >= 11 is 9.71. The van der Waals surface area contributed by atoms with E-state index in [-0.39, 0.29) is 11.7 Å². The number of aliphatic imine (C=N–C) groups is 1. The number of halogens is 2. The highest BCUT2D eigenvalue weighted by Gasteiger charge is 2.30. The van der Waals surface area contributed by atoms with E-state index in [0.29, 0.717) is 17.2 Å². The van der Waals surface area contributed by atoms with Gasteiger partial charge < -0.3 is 10.0 Å². The average molecular weight is 470 g/mol. The monoisotopic (exact) mass is 468 g/mol. The zero-order chi connectivity index (χ0) is 20.5. The molecule has 6 heteroatoms. The Morgan fingerprint density at radius 3 is 2.45 bits per heavy atom. The SMILES string of the molecule is CN1C(=O)C(Cc2ccc(Br)cc2)N=C(c2ccc(O)cc2)c2cc(Cl)ccc21. The molecule has 0 saturated heterocycles. The first-order valence-corrected chi connectivity index (χ1v) is 10.3. The number of phenolic OH excluding ortho intramolecular Hbond substituents is 1. The number of hydrogen-bond donors (Lipinski definition) is 1. The molecule has 0 aliphatic carbocycles. The van der Waals surface area contributed by atoms with Gasteiger partial charge in [0.05, 0.1) is 11.4 Å². The Balaban J connectivity index is 1.85. The topological polar surface area (TPSA) is 52.9 Å². The van der Waals surface area contributed by atoms with E-state index in [1.807, 2.05) is 36.4 Å². The highest BCUT2D eigenvalue weighted by molar-refractivity contribution is 9.10. The second-order valence-corrected chi connectivity index (χ2v) is 8.28. The minimum atomic E-state index is -0.573. The van der Waals surface area contributed by atoms with Crippen LogP contribution in [0.15, 0.2) is 76.2 Å². The second kappa shape index (κ2) is 8.01. The van der Waals surface area contributed by atoms with E-state index in [9.17, 15) is 9.90 Å². The number of carbonyl (C=O) groups is 1. The van der Waals surface area contributed by atoms with Gasteiger partial charge >= 0.3 is 0 Å². The number of likely N-dealkylation sites (N-methyl/N-ethyl adjacent to an activating group) is 1. The highest BCUT2D eigenvalue weighted by Crippen LogP contribution is 2.31. The van der Waals surface area contributed by atoms with Crippen LogP contribution in [0, 0.1) is 0 Å². The Bertz CT molecular complexity index is 1090. The van der Waals surface area contributed by atoms with Crippen LogP contribution in [0.4, 0.5) is 5.69 Å². The van der Waals surface area contributed by atoms with Crippen LogP contribution >= 0.6 is 27.5 Å². The molecular weight excluding hydrogens is 452 g/mol. The summed E-state index contributed by atoms with van der Waals surface area (Å²) < 4.78 is 0.987. The Labute approximate surface area is 182 Å². The molecule has 146 valence electrons. The minimum Gasteiger partial charge on any atom is -0.508 e. The van der Waals surface area contributed by atoms with Crippen LogP contribution in [0.2, 0.25) is 5.02 Å². The summed E-state index contributed by atoms with van der Waals surface area (Å²) in [5, 5.41) is 10.2. The molecule has 1 unspecified atom stereocenters. The summed E-state index contributed by atoms with van der Waals surface area (Å²) in [5.74, 6) is 0.0964. The van der Waals surface area contributed by atoms with Crippen molar-refractivity contribution in [2.45, 2.75) is 12.5 Å². The molecule has 1 aliphatic heterocycles. The number of anilines is 1. The predicted molar refractivity (Wildman–Crippen MR) is 120 cm³/mol. The van der Waals surface area contributed by atoms with Gasteiger partial charge in [0.2, 0.25) is 0 Å². The summed E-state index contributed by atoms with van der Waals surface area (Å²) in [6.07, 6.45) is 0.486. The van der Waals surface area contributed by atoms with E-state index < -0.39 is 6.04 Å². The van der Waals surface area contributed by atoms with E-state index >= 15 is 0 Å². The maximum Gasteiger partial charge on any atom is 0.251 e. The number of amides is 1. The van der Waals surface area contributed by atoms with Crippen LogP contribution in [-0.2, 0) is 11.2 Å². The molecule has 1 N–H and O–H groups in total. The molecule has 1 aliphatic rings. The lowest BCUT2D eigenvalue weighted by Crippen LogP contribution is -2.36. The van der Waals surface area contributed by atoms with Crippen LogP contribution in [0.25, 0.3) is 0 Å². The van der Waals surface area contributed by atoms with E-state index in [1.165, 1.54) is 0 Å². The van der Waals surface area contributed by atoms with Crippen molar-refractivity contribution in [2.24, 2.45) is 4.99 Å². The fourth-order valence-electron chi connectivity index (χ4n) is 3.44. The minimum absolute atomic E-state index is 0.0785. The van der Waals surface area contributed by atoms with Crippen LogP contribution in [0.3, 0.4) is 0 Å². The van der Waals surface area contributed by atoms with Crippen molar-refractivity contribution in [3.63, 3.8) is 0 Å². The molecule has 0 spiro atoms. The van der Waals surface area contributed by atoms with Crippen molar-refractivity contribution < 1.29 is 9.90 Å². The normalized spacial score (nSPS) is 16.2. The number of nitrogens with zero attached hydrogens (tertiary/aromatic N) is 2. The Morgan fingerprint density at radius 2 is 1.76 bits per heavy atom. The summed E-state index contributed by atoms with van der Waals surface area (Å²) in [6.45, 7) is 0. The van der Waals surface area contributed by atoms with Gasteiger partial charge in [0.25, 0.3) is 5.91 Å². The number of carbonyl (C=O) groups excluding carboxylic acids is 1. The molecular formula is C23H18BrClN2O2. The van der Waals surface area contributed by atoms with Crippen LogP contribution < -0.4 is 4.90 Å². The van der Waals surface area contributed by atoms with Crippen LogP contribution in [0.1, 0.15) is 16.7 Å². The van der Waals surface area contributed by atoms with Crippen molar-refractivity contribution in [2.75, 3.05) is 11.9 Å². The number of rotatable bonds is 3. The number of aromatic hydroxyl groups is 1. The van der Waals surface area contributed by atoms with Crippen LogP contribution in [-0.4, -0.2) is 29.8 Å². The van der Waals surface area contributed by atoms with Crippen LogP contribution in [0.5, 0.6) is 5.75 Å². The van der Waals surface area contributed by atoms with Crippen molar-refractivity contribution in [3.05, 3.63) is 92.9 Å². The Kier molecular flexibility index (Phi) is 5.43. The van der Waals surface area contributed by atoms with Gasteiger partial charge in [-0.25, -0.2) is 0 Å². The second-order valence-electron chi connectivity index (χ2n) is 6.93. The first kappa shape index (κ1) is 19.7. The first-order chi connectivity index (χ1) is 13.9. The van der Waals surface area contributed by atoms with Crippen molar-refractivity contribution >= 4 is 44.8 Å². The Morgan fingerprint density at radius 1 is 1.07 bits per heavy atom. The smallest absolute Gasteiger partial charge is 0.251 e. The zero-order valence-corrected chi connectivity index (χ0v) is 18.0. The van der Waals surface area contributed by atoms with Gasteiger partial charge in [0.15, 0.2) is 0 Å². The lowest BCUT2D eigenvalue weighted by molar-refractivity contribution is -0.119. The highest BCUT2D eigenvalue weighted by atomic mass is 79.9. The number of hydrogen-bond acceptors (Lipinski definition) is 3. The number of benzene rings is 3. The molecule has 1 heterocycles. The van der Waals surface area contributed by atoms with Gasteiger partial charge in [-0.1, -0.05) is 39.7 Å². The van der Waals surface area contributed by atoms with Gasteiger partial charge in [-0.15, -0.1) is 0 Å². The summed E-state index contributed by atoms with van der Waals surface area (Å²) in [7, 11) is 1.76. The van der Waals surface area contributed by atoms with Gasteiger partial charge in [0.1, 0.15) is 11.8 Å².